The minimum atomic E-state index is -0.850. The summed E-state index contributed by atoms with van der Waals surface area (Å²) in [5.74, 6) is 2.60. The summed E-state index contributed by atoms with van der Waals surface area (Å²) in [6.45, 7) is 4.43. The van der Waals surface area contributed by atoms with Crippen LogP contribution in [0.5, 0.6) is 23.0 Å². The van der Waals surface area contributed by atoms with Gasteiger partial charge in [-0.1, -0.05) is 32.0 Å². The molecule has 2 aromatic carbocycles. The van der Waals surface area contributed by atoms with Crippen LogP contribution in [-0.4, -0.2) is 43.7 Å². The van der Waals surface area contributed by atoms with Crippen LogP contribution >= 0.6 is 0 Å². The molecule has 2 aromatic rings. The van der Waals surface area contributed by atoms with Crippen molar-refractivity contribution in [2.24, 2.45) is 0 Å². The van der Waals surface area contributed by atoms with E-state index in [0.717, 1.165) is 12.0 Å². The minimum absolute atomic E-state index is 0.0393. The first kappa shape index (κ1) is 20.8. The second kappa shape index (κ2) is 10.0. The van der Waals surface area contributed by atoms with E-state index in [9.17, 15) is 9.90 Å². The molecule has 2 unspecified atom stereocenters. The minimum Gasteiger partial charge on any atom is -0.491 e. The first-order valence-electron chi connectivity index (χ1n) is 9.75. The van der Waals surface area contributed by atoms with Crippen LogP contribution in [0, 0.1) is 0 Å². The highest BCUT2D eigenvalue weighted by Crippen LogP contribution is 2.35. The standard InChI is InChI=1S/C22H27NO6/c1-3-15(2)18-6-4-5-7-19(18)27-13-22(25)23-11-16(24)12-26-17-8-9-20-21(10-17)29-14-28-20/h4-10,15-16,24H,3,11-14H2,1-2H3,(H,23,25). The lowest BCUT2D eigenvalue weighted by molar-refractivity contribution is -0.123. The van der Waals surface area contributed by atoms with Gasteiger partial charge in [-0.05, 0) is 36.1 Å². The topological polar surface area (TPSA) is 86.3 Å². The van der Waals surface area contributed by atoms with E-state index < -0.39 is 6.10 Å². The second-order valence-corrected chi connectivity index (χ2v) is 6.92. The highest BCUT2D eigenvalue weighted by molar-refractivity contribution is 5.77. The number of aliphatic hydroxyl groups is 1. The normalized spacial score (nSPS) is 14.2. The van der Waals surface area contributed by atoms with Crippen molar-refractivity contribution in [3.63, 3.8) is 0 Å². The van der Waals surface area contributed by atoms with Gasteiger partial charge in [0.15, 0.2) is 18.1 Å². The molecule has 0 aromatic heterocycles. The molecule has 1 amide bonds. The number of nitrogens with one attached hydrogen (secondary N) is 1. The number of benzene rings is 2. The Kier molecular flexibility index (Phi) is 7.19. The van der Waals surface area contributed by atoms with Gasteiger partial charge in [0.1, 0.15) is 24.2 Å². The van der Waals surface area contributed by atoms with E-state index in [2.05, 4.69) is 19.2 Å². The molecule has 0 radical (unpaired) electrons. The lowest BCUT2D eigenvalue weighted by Crippen LogP contribution is -2.37. The predicted molar refractivity (Wildman–Crippen MR) is 108 cm³/mol. The molecule has 2 N–H and O–H groups in total. The molecule has 0 saturated heterocycles. The summed E-state index contributed by atoms with van der Waals surface area (Å²) < 4.78 is 21.7. The van der Waals surface area contributed by atoms with Crippen molar-refractivity contribution in [3.8, 4) is 23.0 Å². The van der Waals surface area contributed by atoms with Gasteiger partial charge in [0.05, 0.1) is 0 Å². The van der Waals surface area contributed by atoms with E-state index in [4.69, 9.17) is 18.9 Å². The molecule has 7 heteroatoms. The van der Waals surface area contributed by atoms with E-state index in [1.807, 2.05) is 24.3 Å². The summed E-state index contributed by atoms with van der Waals surface area (Å²) >= 11 is 0. The van der Waals surface area contributed by atoms with Crippen LogP contribution in [0.3, 0.4) is 0 Å². The maximum Gasteiger partial charge on any atom is 0.258 e. The summed E-state index contributed by atoms with van der Waals surface area (Å²) in [6, 6.07) is 12.9. The zero-order valence-electron chi connectivity index (χ0n) is 16.7. The third-order valence-electron chi connectivity index (χ3n) is 4.74. The van der Waals surface area contributed by atoms with E-state index in [1.54, 1.807) is 18.2 Å². The van der Waals surface area contributed by atoms with Gasteiger partial charge in [0, 0.05) is 12.6 Å². The zero-order valence-corrected chi connectivity index (χ0v) is 16.7. The molecule has 1 heterocycles. The molecule has 0 bridgehead atoms. The molecule has 7 nitrogen and oxygen atoms in total. The quantitative estimate of drug-likeness (QED) is 0.637. The summed E-state index contributed by atoms with van der Waals surface area (Å²) in [6.07, 6.45) is 0.138. The molecule has 1 aliphatic heterocycles. The van der Waals surface area contributed by atoms with Crippen LogP contribution in [0.15, 0.2) is 42.5 Å². The Bertz CT molecular complexity index is 825. The van der Waals surface area contributed by atoms with Crippen molar-refractivity contribution in [3.05, 3.63) is 48.0 Å². The van der Waals surface area contributed by atoms with E-state index in [1.165, 1.54) is 0 Å². The Morgan fingerprint density at radius 2 is 1.97 bits per heavy atom. The molecular formula is C22H27NO6. The number of ether oxygens (including phenoxy) is 4. The highest BCUT2D eigenvalue weighted by Gasteiger charge is 2.15. The molecule has 0 fully saturated rings. The van der Waals surface area contributed by atoms with Gasteiger partial charge < -0.3 is 29.4 Å². The Labute approximate surface area is 170 Å². The largest absolute Gasteiger partial charge is 0.491 e. The SMILES string of the molecule is CCC(C)c1ccccc1OCC(=O)NCC(O)COc1ccc2c(c1)OCO2. The number of hydrogen-bond donors (Lipinski definition) is 2. The molecule has 1 aliphatic rings. The number of para-hydroxylation sites is 1. The number of rotatable bonds is 10. The van der Waals surface area contributed by atoms with Crippen LogP contribution in [0.1, 0.15) is 31.7 Å². The lowest BCUT2D eigenvalue weighted by Gasteiger charge is -2.16. The number of carbonyl (C=O) groups excluding carboxylic acids is 1. The monoisotopic (exact) mass is 401 g/mol. The third-order valence-corrected chi connectivity index (χ3v) is 4.74. The number of hydrogen-bond acceptors (Lipinski definition) is 6. The Morgan fingerprint density at radius 1 is 1.17 bits per heavy atom. The van der Waals surface area contributed by atoms with Gasteiger partial charge in [-0.2, -0.15) is 0 Å². The maximum absolute atomic E-state index is 12.1. The summed E-state index contributed by atoms with van der Waals surface area (Å²) in [5.41, 5.74) is 1.08. The summed E-state index contributed by atoms with van der Waals surface area (Å²) in [4.78, 5) is 12.1. The fourth-order valence-electron chi connectivity index (χ4n) is 2.88. The van der Waals surface area contributed by atoms with Gasteiger partial charge in [-0.3, -0.25) is 4.79 Å². The Hall–Kier alpha value is -2.93. The summed E-state index contributed by atoms with van der Waals surface area (Å²) in [7, 11) is 0. The van der Waals surface area contributed by atoms with E-state index in [-0.39, 0.29) is 32.5 Å². The predicted octanol–water partition coefficient (Wildman–Crippen LogP) is 2.86. The third kappa shape index (κ3) is 5.77. The van der Waals surface area contributed by atoms with E-state index in [0.29, 0.717) is 28.9 Å². The van der Waals surface area contributed by atoms with Gasteiger partial charge in [0.25, 0.3) is 5.91 Å². The fourth-order valence-corrected chi connectivity index (χ4v) is 2.88. The van der Waals surface area contributed by atoms with Crippen molar-refractivity contribution in [2.45, 2.75) is 32.3 Å². The number of carbonyl (C=O) groups is 1. The van der Waals surface area contributed by atoms with Gasteiger partial charge in [-0.15, -0.1) is 0 Å². The van der Waals surface area contributed by atoms with Gasteiger partial charge in [0.2, 0.25) is 6.79 Å². The first-order valence-corrected chi connectivity index (χ1v) is 9.75. The van der Waals surface area contributed by atoms with Crippen molar-refractivity contribution in [2.75, 3.05) is 26.6 Å². The smallest absolute Gasteiger partial charge is 0.258 e. The molecule has 0 saturated carbocycles. The molecule has 0 spiro atoms. The molecule has 29 heavy (non-hydrogen) atoms. The molecular weight excluding hydrogens is 374 g/mol. The van der Waals surface area contributed by atoms with Gasteiger partial charge in [-0.25, -0.2) is 0 Å². The van der Waals surface area contributed by atoms with Crippen molar-refractivity contribution < 1.29 is 28.8 Å². The maximum atomic E-state index is 12.1. The van der Waals surface area contributed by atoms with Crippen LogP contribution in [0.25, 0.3) is 0 Å². The Morgan fingerprint density at radius 3 is 2.79 bits per heavy atom. The lowest BCUT2D eigenvalue weighted by atomic mass is 9.98. The molecule has 0 aliphatic carbocycles. The number of fused-ring (bicyclic) bond motifs is 1. The van der Waals surface area contributed by atoms with Crippen LogP contribution < -0.4 is 24.3 Å². The number of amides is 1. The second-order valence-electron chi connectivity index (χ2n) is 6.92. The molecule has 2 atom stereocenters. The molecule has 156 valence electrons. The van der Waals surface area contributed by atoms with Crippen molar-refractivity contribution in [1.82, 2.24) is 5.32 Å². The van der Waals surface area contributed by atoms with Crippen LogP contribution in [-0.2, 0) is 4.79 Å². The summed E-state index contributed by atoms with van der Waals surface area (Å²) in [5, 5.41) is 12.7. The van der Waals surface area contributed by atoms with E-state index >= 15 is 0 Å². The average molecular weight is 401 g/mol. The first-order chi connectivity index (χ1) is 14.1. The fraction of sp³-hybridized carbons (Fsp3) is 0.409. The average Bonchev–Trinajstić information content (AvgIpc) is 3.22. The van der Waals surface area contributed by atoms with Crippen molar-refractivity contribution in [1.29, 1.82) is 0 Å². The molecule has 3 rings (SSSR count). The van der Waals surface area contributed by atoms with Crippen molar-refractivity contribution >= 4 is 5.91 Å². The Balaban J connectivity index is 1.39. The number of aliphatic hydroxyl groups excluding tert-OH is 1. The van der Waals surface area contributed by atoms with Gasteiger partial charge >= 0.3 is 0 Å². The van der Waals surface area contributed by atoms with Crippen LogP contribution in [0.4, 0.5) is 0 Å². The highest BCUT2D eigenvalue weighted by atomic mass is 16.7. The zero-order chi connectivity index (χ0) is 20.6. The van der Waals surface area contributed by atoms with Crippen LogP contribution in [0.2, 0.25) is 0 Å².